The zero-order valence-corrected chi connectivity index (χ0v) is 10.3. The molecule has 2 rings (SSSR count). The molecule has 2 heteroatoms. The molecular weight excluding hydrogens is 184 g/mol. The van der Waals surface area contributed by atoms with Crippen molar-refractivity contribution < 1.29 is 0 Å². The van der Waals surface area contributed by atoms with Crippen LogP contribution in [0.3, 0.4) is 0 Å². The van der Waals surface area contributed by atoms with E-state index in [-0.39, 0.29) is 0 Å². The minimum atomic E-state index is 0.759. The average molecular weight is 210 g/mol. The van der Waals surface area contributed by atoms with E-state index in [1.165, 1.54) is 44.9 Å². The van der Waals surface area contributed by atoms with Gasteiger partial charge in [-0.1, -0.05) is 26.2 Å². The van der Waals surface area contributed by atoms with Gasteiger partial charge in [-0.15, -0.1) is 0 Å². The van der Waals surface area contributed by atoms with Crippen LogP contribution in [-0.2, 0) is 0 Å². The van der Waals surface area contributed by atoms with Gasteiger partial charge in [0.1, 0.15) is 0 Å². The Hall–Kier alpha value is -0.0800. The summed E-state index contributed by atoms with van der Waals surface area (Å²) in [5.74, 6) is 0. The van der Waals surface area contributed by atoms with Crippen molar-refractivity contribution >= 4 is 0 Å². The summed E-state index contributed by atoms with van der Waals surface area (Å²) in [6.45, 7) is 3.36. The van der Waals surface area contributed by atoms with Crippen LogP contribution in [0.25, 0.3) is 0 Å². The average Bonchev–Trinajstić information content (AvgIpc) is 2.16. The van der Waals surface area contributed by atoms with Crippen LogP contribution in [0.2, 0.25) is 0 Å². The molecule has 2 aliphatic rings. The van der Waals surface area contributed by atoms with Gasteiger partial charge in [0.25, 0.3) is 0 Å². The lowest BCUT2D eigenvalue weighted by Crippen LogP contribution is -2.54. The Morgan fingerprint density at radius 1 is 1.07 bits per heavy atom. The number of rotatable bonds is 4. The van der Waals surface area contributed by atoms with Gasteiger partial charge >= 0.3 is 0 Å². The lowest BCUT2D eigenvalue weighted by molar-refractivity contribution is 0.0670. The quantitative estimate of drug-likeness (QED) is 0.766. The molecule has 2 nitrogen and oxygen atoms in total. The molecule has 2 fully saturated rings. The van der Waals surface area contributed by atoms with Crippen molar-refractivity contribution in [3.05, 3.63) is 0 Å². The highest BCUT2D eigenvalue weighted by Gasteiger charge is 2.33. The molecule has 88 valence electrons. The molecule has 0 aliphatic heterocycles. The zero-order chi connectivity index (χ0) is 10.7. The number of nitrogens with one attached hydrogen (secondary N) is 1. The summed E-state index contributed by atoms with van der Waals surface area (Å²) in [7, 11) is 2.35. The van der Waals surface area contributed by atoms with Gasteiger partial charge in [-0.2, -0.15) is 0 Å². The summed E-state index contributed by atoms with van der Waals surface area (Å²) in [6.07, 6.45) is 9.97. The molecule has 0 aromatic carbocycles. The molecule has 2 atom stereocenters. The van der Waals surface area contributed by atoms with Crippen LogP contribution in [0.5, 0.6) is 0 Å². The van der Waals surface area contributed by atoms with E-state index in [4.69, 9.17) is 0 Å². The second-order valence-electron chi connectivity index (χ2n) is 5.27. The van der Waals surface area contributed by atoms with E-state index in [0.29, 0.717) is 0 Å². The highest BCUT2D eigenvalue weighted by molar-refractivity contribution is 4.91. The van der Waals surface area contributed by atoms with Gasteiger partial charge in [0.05, 0.1) is 0 Å². The van der Waals surface area contributed by atoms with Gasteiger partial charge in [0, 0.05) is 18.1 Å². The number of hydrogen-bond donors (Lipinski definition) is 1. The van der Waals surface area contributed by atoms with Crippen LogP contribution >= 0.6 is 0 Å². The molecule has 2 aliphatic carbocycles. The fourth-order valence-corrected chi connectivity index (χ4v) is 3.16. The Kier molecular flexibility index (Phi) is 4.04. The van der Waals surface area contributed by atoms with Crippen LogP contribution in [-0.4, -0.2) is 36.6 Å². The molecule has 0 spiro atoms. The summed E-state index contributed by atoms with van der Waals surface area (Å²) < 4.78 is 0. The summed E-state index contributed by atoms with van der Waals surface area (Å²) in [4.78, 5) is 2.68. The first kappa shape index (κ1) is 11.4. The van der Waals surface area contributed by atoms with Gasteiger partial charge in [-0.05, 0) is 39.3 Å². The zero-order valence-electron chi connectivity index (χ0n) is 10.3. The number of nitrogens with zero attached hydrogens (tertiary/aromatic N) is 1. The Labute approximate surface area is 94.4 Å². The van der Waals surface area contributed by atoms with E-state index in [2.05, 4.69) is 24.2 Å². The first-order valence-electron chi connectivity index (χ1n) is 6.78. The Bertz CT molecular complexity index is 185. The van der Waals surface area contributed by atoms with Crippen molar-refractivity contribution in [1.82, 2.24) is 10.2 Å². The molecule has 0 aromatic rings. The third kappa shape index (κ3) is 2.54. The maximum Gasteiger partial charge on any atom is 0.0249 e. The third-order valence-corrected chi connectivity index (χ3v) is 4.37. The van der Waals surface area contributed by atoms with Crippen LogP contribution in [0, 0.1) is 0 Å². The van der Waals surface area contributed by atoms with Crippen molar-refractivity contribution in [2.24, 2.45) is 0 Å². The molecule has 1 N–H and O–H groups in total. The number of likely N-dealkylation sites (N-methyl/N-ethyl adjacent to an activating group) is 2. The van der Waals surface area contributed by atoms with Crippen LogP contribution < -0.4 is 5.32 Å². The van der Waals surface area contributed by atoms with Gasteiger partial charge < -0.3 is 5.32 Å². The molecule has 0 amide bonds. The molecular formula is C13H26N2. The Balaban J connectivity index is 1.90. The first-order valence-corrected chi connectivity index (χ1v) is 6.78. The molecule has 2 unspecified atom stereocenters. The summed E-state index contributed by atoms with van der Waals surface area (Å²) in [5.41, 5.74) is 0. The van der Waals surface area contributed by atoms with Gasteiger partial charge in [0.15, 0.2) is 0 Å². The molecule has 15 heavy (non-hydrogen) atoms. The fraction of sp³-hybridized carbons (Fsp3) is 1.00. The predicted molar refractivity (Wildman–Crippen MR) is 65.1 cm³/mol. The minimum absolute atomic E-state index is 0.759. The SMILES string of the molecule is CCNC1CCCCC1N(C)C1CCC1. The first-order chi connectivity index (χ1) is 7.33. The van der Waals surface area contributed by atoms with E-state index in [1.807, 2.05) is 0 Å². The van der Waals surface area contributed by atoms with Crippen molar-refractivity contribution in [2.45, 2.75) is 70.0 Å². The normalized spacial score (nSPS) is 33.0. The maximum absolute atomic E-state index is 3.68. The Morgan fingerprint density at radius 2 is 1.80 bits per heavy atom. The second kappa shape index (κ2) is 5.31. The van der Waals surface area contributed by atoms with Crippen LogP contribution in [0.4, 0.5) is 0 Å². The molecule has 0 radical (unpaired) electrons. The van der Waals surface area contributed by atoms with Crippen LogP contribution in [0.1, 0.15) is 51.9 Å². The van der Waals surface area contributed by atoms with Crippen molar-refractivity contribution in [2.75, 3.05) is 13.6 Å². The van der Waals surface area contributed by atoms with E-state index in [1.54, 1.807) is 0 Å². The van der Waals surface area contributed by atoms with Crippen molar-refractivity contribution in [1.29, 1.82) is 0 Å². The standard InChI is InChI=1S/C13H26N2/c1-3-14-12-9-4-5-10-13(12)15(2)11-7-6-8-11/h11-14H,3-10H2,1-2H3. The molecule has 0 saturated heterocycles. The van der Waals surface area contributed by atoms with E-state index in [0.717, 1.165) is 24.7 Å². The lowest BCUT2D eigenvalue weighted by Gasteiger charge is -2.45. The van der Waals surface area contributed by atoms with Gasteiger partial charge in [-0.3, -0.25) is 4.90 Å². The van der Waals surface area contributed by atoms with E-state index < -0.39 is 0 Å². The largest absolute Gasteiger partial charge is 0.313 e. The molecule has 0 aromatic heterocycles. The number of hydrogen-bond acceptors (Lipinski definition) is 2. The van der Waals surface area contributed by atoms with E-state index in [9.17, 15) is 0 Å². The van der Waals surface area contributed by atoms with Crippen molar-refractivity contribution in [3.63, 3.8) is 0 Å². The van der Waals surface area contributed by atoms with Crippen LogP contribution in [0.15, 0.2) is 0 Å². The molecule has 0 bridgehead atoms. The van der Waals surface area contributed by atoms with Gasteiger partial charge in [-0.25, -0.2) is 0 Å². The summed E-state index contributed by atoms with van der Waals surface area (Å²) >= 11 is 0. The summed E-state index contributed by atoms with van der Waals surface area (Å²) in [6, 6.07) is 2.47. The van der Waals surface area contributed by atoms with Crippen molar-refractivity contribution in [3.8, 4) is 0 Å². The second-order valence-corrected chi connectivity index (χ2v) is 5.27. The predicted octanol–water partition coefficient (Wildman–Crippen LogP) is 2.39. The Morgan fingerprint density at radius 3 is 2.40 bits per heavy atom. The fourth-order valence-electron chi connectivity index (χ4n) is 3.16. The van der Waals surface area contributed by atoms with E-state index >= 15 is 0 Å². The lowest BCUT2D eigenvalue weighted by atomic mass is 9.84. The van der Waals surface area contributed by atoms with Gasteiger partial charge in [0.2, 0.25) is 0 Å². The monoisotopic (exact) mass is 210 g/mol. The third-order valence-electron chi connectivity index (χ3n) is 4.37. The molecule has 0 heterocycles. The minimum Gasteiger partial charge on any atom is -0.313 e. The maximum atomic E-state index is 3.68. The molecule has 2 saturated carbocycles. The summed E-state index contributed by atoms with van der Waals surface area (Å²) in [5, 5.41) is 3.68. The highest BCUT2D eigenvalue weighted by atomic mass is 15.2. The highest BCUT2D eigenvalue weighted by Crippen LogP contribution is 2.30. The topological polar surface area (TPSA) is 15.3 Å². The smallest absolute Gasteiger partial charge is 0.0249 e.